The van der Waals surface area contributed by atoms with Crippen molar-refractivity contribution < 1.29 is 14.0 Å². The van der Waals surface area contributed by atoms with Gasteiger partial charge in [0.25, 0.3) is 5.91 Å². The summed E-state index contributed by atoms with van der Waals surface area (Å²) in [7, 11) is 0. The number of halogens is 1. The fourth-order valence-corrected chi connectivity index (χ4v) is 2.99. The molecule has 8 nitrogen and oxygen atoms in total. The largest absolute Gasteiger partial charge is 0.343 e. The van der Waals surface area contributed by atoms with Crippen molar-refractivity contribution in [2.45, 2.75) is 25.8 Å². The molecule has 132 valence electrons. The summed E-state index contributed by atoms with van der Waals surface area (Å²) in [6, 6.07) is 3.90. The molecule has 0 radical (unpaired) electrons. The molecule has 0 spiro atoms. The van der Waals surface area contributed by atoms with Crippen LogP contribution in [0.25, 0.3) is 0 Å². The zero-order valence-electron chi connectivity index (χ0n) is 13.7. The molecule has 0 bridgehead atoms. The van der Waals surface area contributed by atoms with Crippen LogP contribution in [-0.2, 0) is 4.79 Å². The van der Waals surface area contributed by atoms with Crippen LogP contribution < -0.4 is 11.0 Å². The number of aromatic amines is 1. The predicted molar refractivity (Wildman–Crippen MR) is 87.7 cm³/mol. The number of nitrogens with zero attached hydrogens (tertiary/aromatic N) is 3. The van der Waals surface area contributed by atoms with Crippen molar-refractivity contribution in [1.29, 1.82) is 0 Å². The van der Waals surface area contributed by atoms with Crippen LogP contribution in [0.2, 0.25) is 0 Å². The number of nitrogens with one attached hydrogen (secondary N) is 2. The number of rotatable bonds is 3. The molecule has 1 aliphatic rings. The maximum atomic E-state index is 13.7. The fourth-order valence-electron chi connectivity index (χ4n) is 2.99. The van der Waals surface area contributed by atoms with E-state index >= 15 is 0 Å². The summed E-state index contributed by atoms with van der Waals surface area (Å²) in [6.07, 6.45) is 2.72. The molecule has 1 saturated heterocycles. The van der Waals surface area contributed by atoms with Gasteiger partial charge in [0.1, 0.15) is 12.1 Å². The average Bonchev–Trinajstić information content (AvgIpc) is 3.02. The van der Waals surface area contributed by atoms with E-state index < -0.39 is 11.7 Å². The van der Waals surface area contributed by atoms with Crippen LogP contribution in [0.3, 0.4) is 0 Å². The monoisotopic (exact) mass is 347 g/mol. The number of piperidine rings is 1. The summed E-state index contributed by atoms with van der Waals surface area (Å²) in [4.78, 5) is 37.0. The van der Waals surface area contributed by atoms with E-state index in [0.717, 1.165) is 6.07 Å². The van der Waals surface area contributed by atoms with Gasteiger partial charge in [0.2, 0.25) is 5.91 Å². The van der Waals surface area contributed by atoms with Crippen molar-refractivity contribution in [3.05, 3.63) is 46.4 Å². The third-order valence-corrected chi connectivity index (χ3v) is 4.25. The van der Waals surface area contributed by atoms with Crippen LogP contribution >= 0.6 is 0 Å². The van der Waals surface area contributed by atoms with E-state index in [0.29, 0.717) is 31.5 Å². The minimum Gasteiger partial charge on any atom is -0.338 e. The third-order valence-electron chi connectivity index (χ3n) is 4.25. The lowest BCUT2D eigenvalue weighted by atomic mass is 10.0. The van der Waals surface area contributed by atoms with E-state index in [1.165, 1.54) is 30.0 Å². The van der Waals surface area contributed by atoms with Crippen LogP contribution in [0.1, 0.15) is 36.2 Å². The lowest BCUT2D eigenvalue weighted by molar-refractivity contribution is -0.114. The fraction of sp³-hybridized carbons (Fsp3) is 0.375. The first-order valence-corrected chi connectivity index (χ1v) is 7.93. The van der Waals surface area contributed by atoms with E-state index in [-0.39, 0.29) is 23.3 Å². The smallest absolute Gasteiger partial charge is 0.338 e. The van der Waals surface area contributed by atoms with Crippen molar-refractivity contribution >= 4 is 17.5 Å². The number of carbonyl (C=O) groups excluding carboxylic acids is 2. The Bertz CT molecular complexity index is 851. The lowest BCUT2D eigenvalue weighted by Crippen LogP contribution is -2.40. The number of hydrogen-bond donors (Lipinski definition) is 2. The maximum absolute atomic E-state index is 13.7. The molecule has 0 saturated carbocycles. The number of carbonyl (C=O) groups is 2. The van der Waals surface area contributed by atoms with Gasteiger partial charge in [-0.25, -0.2) is 14.3 Å². The zero-order chi connectivity index (χ0) is 18.0. The number of aromatic nitrogens is 3. The molecule has 0 atom stereocenters. The summed E-state index contributed by atoms with van der Waals surface area (Å²) in [5.41, 5.74) is 0.0329. The average molecular weight is 347 g/mol. The van der Waals surface area contributed by atoms with Crippen LogP contribution in [-0.4, -0.2) is 44.6 Å². The topological polar surface area (TPSA) is 100 Å². The normalized spacial score (nSPS) is 15.2. The van der Waals surface area contributed by atoms with Gasteiger partial charge < -0.3 is 10.2 Å². The van der Waals surface area contributed by atoms with Gasteiger partial charge in [-0.2, -0.15) is 5.10 Å². The summed E-state index contributed by atoms with van der Waals surface area (Å²) < 4.78 is 15.2. The highest BCUT2D eigenvalue weighted by Crippen LogP contribution is 2.23. The van der Waals surface area contributed by atoms with Gasteiger partial charge in [0.05, 0.1) is 5.69 Å². The number of anilines is 1. The standard InChI is InChI=1S/C16H18FN5O3/c1-10(23)19-14-8-11(2-3-13(14)17)15(24)21-6-4-12(5-7-21)22-9-18-20-16(22)25/h2-3,8-9,12H,4-7H2,1H3,(H,19,23)(H,20,25). The molecule has 2 N–H and O–H groups in total. The molecule has 3 rings (SSSR count). The summed E-state index contributed by atoms with van der Waals surface area (Å²) in [6.45, 7) is 2.23. The molecule has 25 heavy (non-hydrogen) atoms. The Hall–Kier alpha value is -2.97. The Morgan fingerprint density at radius 1 is 1.32 bits per heavy atom. The second-order valence-electron chi connectivity index (χ2n) is 5.97. The molecule has 2 aromatic rings. The van der Waals surface area contributed by atoms with E-state index in [4.69, 9.17) is 0 Å². The highest BCUT2D eigenvalue weighted by molar-refractivity contribution is 5.97. The third kappa shape index (κ3) is 3.59. The van der Waals surface area contributed by atoms with Crippen molar-refractivity contribution in [3.8, 4) is 0 Å². The SMILES string of the molecule is CC(=O)Nc1cc(C(=O)N2CCC(n3cn[nH]c3=O)CC2)ccc1F. The molecule has 1 aromatic carbocycles. The van der Waals surface area contributed by atoms with E-state index in [1.807, 2.05) is 0 Å². The van der Waals surface area contributed by atoms with E-state index in [2.05, 4.69) is 15.5 Å². The molecule has 2 amide bonds. The molecule has 9 heteroatoms. The Balaban J connectivity index is 1.69. The van der Waals surface area contributed by atoms with Crippen LogP contribution in [0.15, 0.2) is 29.3 Å². The molecule has 0 aliphatic carbocycles. The van der Waals surface area contributed by atoms with E-state index in [1.54, 1.807) is 4.90 Å². The van der Waals surface area contributed by atoms with Gasteiger partial charge in [-0.05, 0) is 31.0 Å². The second-order valence-corrected chi connectivity index (χ2v) is 5.97. The van der Waals surface area contributed by atoms with Crippen molar-refractivity contribution in [1.82, 2.24) is 19.7 Å². The highest BCUT2D eigenvalue weighted by atomic mass is 19.1. The number of benzene rings is 1. The molecule has 1 aromatic heterocycles. The predicted octanol–water partition coefficient (Wildman–Crippen LogP) is 1.15. The van der Waals surface area contributed by atoms with Gasteiger partial charge in [-0.15, -0.1) is 0 Å². The highest BCUT2D eigenvalue weighted by Gasteiger charge is 2.26. The Morgan fingerprint density at radius 2 is 2.04 bits per heavy atom. The Morgan fingerprint density at radius 3 is 2.64 bits per heavy atom. The number of likely N-dealkylation sites (tertiary alicyclic amines) is 1. The molecule has 0 unspecified atom stereocenters. The molecular formula is C16H18FN5O3. The second kappa shape index (κ2) is 6.88. The van der Waals surface area contributed by atoms with Gasteiger partial charge >= 0.3 is 5.69 Å². The lowest BCUT2D eigenvalue weighted by Gasteiger charge is -2.32. The van der Waals surface area contributed by atoms with Crippen LogP contribution in [0, 0.1) is 5.82 Å². The van der Waals surface area contributed by atoms with Gasteiger partial charge in [0.15, 0.2) is 0 Å². The minimum atomic E-state index is -0.593. The van der Waals surface area contributed by atoms with Gasteiger partial charge in [-0.3, -0.25) is 14.2 Å². The van der Waals surface area contributed by atoms with Gasteiger partial charge in [-0.1, -0.05) is 0 Å². The summed E-state index contributed by atoms with van der Waals surface area (Å²) >= 11 is 0. The number of hydrogen-bond acceptors (Lipinski definition) is 4. The molecule has 1 fully saturated rings. The summed E-state index contributed by atoms with van der Waals surface area (Å²) in [5, 5.41) is 8.44. The van der Waals surface area contributed by atoms with Crippen molar-refractivity contribution in [3.63, 3.8) is 0 Å². The minimum absolute atomic E-state index is 0.00143. The van der Waals surface area contributed by atoms with Crippen LogP contribution in [0.5, 0.6) is 0 Å². The molecule has 1 aliphatic heterocycles. The van der Waals surface area contributed by atoms with Crippen molar-refractivity contribution in [2.24, 2.45) is 0 Å². The molecule has 2 heterocycles. The van der Waals surface area contributed by atoms with Gasteiger partial charge in [0, 0.05) is 31.6 Å². The number of amides is 2. The Labute approximate surface area is 142 Å². The molecular weight excluding hydrogens is 329 g/mol. The zero-order valence-corrected chi connectivity index (χ0v) is 13.7. The number of H-pyrrole nitrogens is 1. The van der Waals surface area contributed by atoms with Crippen molar-refractivity contribution in [2.75, 3.05) is 18.4 Å². The maximum Gasteiger partial charge on any atom is 0.343 e. The quantitative estimate of drug-likeness (QED) is 0.870. The van der Waals surface area contributed by atoms with E-state index in [9.17, 15) is 18.8 Å². The van der Waals surface area contributed by atoms with Crippen LogP contribution in [0.4, 0.5) is 10.1 Å². The summed E-state index contributed by atoms with van der Waals surface area (Å²) in [5.74, 6) is -1.23. The first-order valence-electron chi connectivity index (χ1n) is 7.93. The first kappa shape index (κ1) is 16.9. The first-order chi connectivity index (χ1) is 12.0. The Kier molecular flexibility index (Phi) is 4.64.